The highest BCUT2D eigenvalue weighted by Gasteiger charge is 2.35. The second-order valence-corrected chi connectivity index (χ2v) is 12.9. The van der Waals surface area contributed by atoms with E-state index in [0.717, 1.165) is 47.5 Å². The molecule has 1 aliphatic carbocycles. The van der Waals surface area contributed by atoms with Crippen LogP contribution in [0.3, 0.4) is 0 Å². The molecule has 4 rings (SSSR count). The highest BCUT2D eigenvalue weighted by Crippen LogP contribution is 2.32. The number of hydrogen-bond acceptors (Lipinski definition) is 6. The van der Waals surface area contributed by atoms with E-state index in [2.05, 4.69) is 5.32 Å². The molecule has 0 saturated heterocycles. The number of nitrogens with one attached hydrogen (secondary N) is 1. The molecular weight excluding hydrogens is 578 g/mol. The molecule has 0 heterocycles. The fourth-order valence-electron chi connectivity index (χ4n) is 5.66. The van der Waals surface area contributed by atoms with Gasteiger partial charge in [-0.1, -0.05) is 68.7 Å². The highest BCUT2D eigenvalue weighted by molar-refractivity contribution is 7.92. The van der Waals surface area contributed by atoms with Crippen molar-refractivity contribution in [3.8, 4) is 11.5 Å². The van der Waals surface area contributed by atoms with E-state index in [9.17, 15) is 18.0 Å². The normalized spacial score (nSPS) is 14.4. The first kappa shape index (κ1) is 32.9. The van der Waals surface area contributed by atoms with Crippen molar-refractivity contribution in [2.24, 2.45) is 0 Å². The number of amides is 2. The Kier molecular flexibility index (Phi) is 11.3. The van der Waals surface area contributed by atoms with Crippen LogP contribution in [0.15, 0.2) is 77.7 Å². The Morgan fingerprint density at radius 2 is 1.57 bits per heavy atom. The lowest BCUT2D eigenvalue weighted by atomic mass is 9.95. The molecule has 1 N–H and O–H groups in total. The summed E-state index contributed by atoms with van der Waals surface area (Å²) in [6, 6.07) is 19.8. The summed E-state index contributed by atoms with van der Waals surface area (Å²) in [7, 11) is -1.35. The molecular formula is C34H43N3O6S. The first-order valence-electron chi connectivity index (χ1n) is 15.1. The van der Waals surface area contributed by atoms with Crippen LogP contribution in [0.1, 0.15) is 56.6 Å². The lowest BCUT2D eigenvalue weighted by Gasteiger charge is -2.34. The zero-order valence-corrected chi connectivity index (χ0v) is 26.8. The van der Waals surface area contributed by atoms with E-state index in [4.69, 9.17) is 9.47 Å². The van der Waals surface area contributed by atoms with Crippen molar-refractivity contribution < 1.29 is 27.5 Å². The van der Waals surface area contributed by atoms with Crippen molar-refractivity contribution in [1.82, 2.24) is 10.2 Å². The van der Waals surface area contributed by atoms with E-state index in [1.165, 1.54) is 37.3 Å². The van der Waals surface area contributed by atoms with E-state index in [1.54, 1.807) is 30.3 Å². The van der Waals surface area contributed by atoms with Crippen LogP contribution in [0.4, 0.5) is 5.69 Å². The molecule has 1 atom stereocenters. The van der Waals surface area contributed by atoms with E-state index in [1.807, 2.05) is 38.1 Å². The Hall–Kier alpha value is -4.05. The number of methoxy groups -OCH3 is 2. The zero-order valence-electron chi connectivity index (χ0n) is 26.0. The minimum atomic E-state index is -4.25. The molecule has 0 unspecified atom stereocenters. The quantitative estimate of drug-likeness (QED) is 0.272. The molecule has 10 heteroatoms. The fraction of sp³-hybridized carbons (Fsp3) is 0.412. The molecule has 1 aliphatic rings. The second kappa shape index (κ2) is 15.1. The topological polar surface area (TPSA) is 105 Å². The van der Waals surface area contributed by atoms with Crippen LogP contribution in [0, 0.1) is 6.92 Å². The van der Waals surface area contributed by atoms with Gasteiger partial charge in [0.15, 0.2) is 11.5 Å². The van der Waals surface area contributed by atoms with Gasteiger partial charge in [0.2, 0.25) is 11.8 Å². The van der Waals surface area contributed by atoms with Gasteiger partial charge in [0.25, 0.3) is 10.0 Å². The summed E-state index contributed by atoms with van der Waals surface area (Å²) in [5, 5.41) is 3.18. The monoisotopic (exact) mass is 621 g/mol. The number of ether oxygens (including phenoxy) is 2. The maximum Gasteiger partial charge on any atom is 0.264 e. The third kappa shape index (κ3) is 7.72. The standard InChI is InChI=1S/C34H43N3O6S/c1-5-30(34(39)35-27-16-8-6-9-17-27)36(23-26-15-13-12-14-25(26)2)33(38)24-37(28-18-10-7-11-19-28)44(40,41)29-20-21-31(42-3)32(22-29)43-4/h7,10-15,18-22,27,30H,5-6,8-9,16-17,23-24H2,1-4H3,(H,35,39)/t30-/m1/s1. The number of sulfonamides is 1. The number of aryl methyl sites for hydroxylation is 1. The third-order valence-electron chi connectivity index (χ3n) is 8.21. The lowest BCUT2D eigenvalue weighted by Crippen LogP contribution is -2.54. The van der Waals surface area contributed by atoms with Gasteiger partial charge in [-0.3, -0.25) is 13.9 Å². The van der Waals surface area contributed by atoms with Crippen LogP contribution in [0.5, 0.6) is 11.5 Å². The predicted molar refractivity (Wildman–Crippen MR) is 171 cm³/mol. The molecule has 9 nitrogen and oxygen atoms in total. The fourth-order valence-corrected chi connectivity index (χ4v) is 7.09. The Balaban J connectivity index is 1.72. The number of carbonyl (C=O) groups is 2. The molecule has 0 radical (unpaired) electrons. The van der Waals surface area contributed by atoms with Crippen LogP contribution in [0.2, 0.25) is 0 Å². The molecule has 3 aromatic carbocycles. The Morgan fingerprint density at radius 3 is 2.20 bits per heavy atom. The largest absolute Gasteiger partial charge is 0.493 e. The van der Waals surface area contributed by atoms with Gasteiger partial charge < -0.3 is 19.7 Å². The van der Waals surface area contributed by atoms with Crippen molar-refractivity contribution in [2.75, 3.05) is 25.1 Å². The molecule has 1 fully saturated rings. The van der Waals surface area contributed by atoms with Gasteiger partial charge >= 0.3 is 0 Å². The minimum Gasteiger partial charge on any atom is -0.493 e. The van der Waals surface area contributed by atoms with Crippen LogP contribution in [-0.2, 0) is 26.2 Å². The third-order valence-corrected chi connectivity index (χ3v) is 9.98. The lowest BCUT2D eigenvalue weighted by molar-refractivity contribution is -0.140. The number of para-hydroxylation sites is 1. The maximum absolute atomic E-state index is 14.3. The first-order chi connectivity index (χ1) is 21.2. The van der Waals surface area contributed by atoms with Crippen molar-refractivity contribution in [3.63, 3.8) is 0 Å². The average molecular weight is 622 g/mol. The molecule has 236 valence electrons. The van der Waals surface area contributed by atoms with E-state index in [-0.39, 0.29) is 29.1 Å². The second-order valence-electron chi connectivity index (χ2n) is 11.1. The smallest absolute Gasteiger partial charge is 0.264 e. The van der Waals surface area contributed by atoms with Gasteiger partial charge in [0.1, 0.15) is 12.6 Å². The molecule has 0 bridgehead atoms. The van der Waals surface area contributed by atoms with E-state index >= 15 is 0 Å². The summed E-state index contributed by atoms with van der Waals surface area (Å²) in [4.78, 5) is 29.5. The number of anilines is 1. The molecule has 0 aliphatic heterocycles. The number of benzene rings is 3. The van der Waals surface area contributed by atoms with Crippen LogP contribution >= 0.6 is 0 Å². The van der Waals surface area contributed by atoms with Crippen LogP contribution in [-0.4, -0.2) is 58.0 Å². The van der Waals surface area contributed by atoms with Gasteiger partial charge in [-0.15, -0.1) is 0 Å². The molecule has 0 spiro atoms. The first-order valence-corrected chi connectivity index (χ1v) is 16.6. The van der Waals surface area contributed by atoms with Gasteiger partial charge in [0, 0.05) is 18.7 Å². The average Bonchev–Trinajstić information content (AvgIpc) is 3.04. The molecule has 44 heavy (non-hydrogen) atoms. The summed E-state index contributed by atoms with van der Waals surface area (Å²) in [5.41, 5.74) is 2.19. The molecule has 3 aromatic rings. The number of rotatable bonds is 13. The van der Waals surface area contributed by atoms with Crippen molar-refractivity contribution in [3.05, 3.63) is 83.9 Å². The summed E-state index contributed by atoms with van der Waals surface area (Å²) < 4.78 is 40.1. The zero-order chi connectivity index (χ0) is 31.7. The van der Waals surface area contributed by atoms with E-state index in [0.29, 0.717) is 17.9 Å². The maximum atomic E-state index is 14.3. The number of nitrogens with zero attached hydrogens (tertiary/aromatic N) is 2. The van der Waals surface area contributed by atoms with Gasteiger partial charge in [0.05, 0.1) is 24.8 Å². The predicted octanol–water partition coefficient (Wildman–Crippen LogP) is 5.46. The molecule has 2 amide bonds. The van der Waals surface area contributed by atoms with Crippen molar-refractivity contribution in [1.29, 1.82) is 0 Å². The Labute approximate surface area is 261 Å². The Morgan fingerprint density at radius 1 is 0.909 bits per heavy atom. The van der Waals surface area contributed by atoms with Crippen LogP contribution in [0.25, 0.3) is 0 Å². The molecule has 1 saturated carbocycles. The SMILES string of the molecule is CC[C@H](C(=O)NC1CCCCC1)N(Cc1ccccc1C)C(=O)CN(c1ccccc1)S(=O)(=O)c1ccc(OC)c(OC)c1. The highest BCUT2D eigenvalue weighted by atomic mass is 32.2. The summed E-state index contributed by atoms with van der Waals surface area (Å²) in [6.45, 7) is 3.50. The van der Waals surface area contributed by atoms with E-state index < -0.39 is 28.5 Å². The van der Waals surface area contributed by atoms with Crippen LogP contribution < -0.4 is 19.1 Å². The van der Waals surface area contributed by atoms with Gasteiger partial charge in [-0.2, -0.15) is 0 Å². The number of hydrogen-bond donors (Lipinski definition) is 1. The summed E-state index contributed by atoms with van der Waals surface area (Å²) >= 11 is 0. The van der Waals surface area contributed by atoms with Crippen molar-refractivity contribution in [2.45, 2.75) is 75.9 Å². The van der Waals surface area contributed by atoms with Gasteiger partial charge in [-0.25, -0.2) is 8.42 Å². The Bertz CT molecular complexity index is 1520. The molecule has 0 aromatic heterocycles. The van der Waals surface area contributed by atoms with Gasteiger partial charge in [-0.05, 0) is 61.6 Å². The van der Waals surface area contributed by atoms with Crippen molar-refractivity contribution >= 4 is 27.5 Å². The summed E-state index contributed by atoms with van der Waals surface area (Å²) in [5.74, 6) is -0.0605. The number of carbonyl (C=O) groups excluding carboxylic acids is 2. The minimum absolute atomic E-state index is 0.0562. The summed E-state index contributed by atoms with van der Waals surface area (Å²) in [6.07, 6.45) is 5.50.